The minimum Gasteiger partial charge on any atom is -0.490 e. The highest BCUT2D eigenvalue weighted by atomic mass is 19.1. The molecule has 0 unspecified atom stereocenters. The Balaban J connectivity index is 1.77. The number of nitrogens with one attached hydrogen (secondary N) is 1. The van der Waals surface area contributed by atoms with Gasteiger partial charge in [0.05, 0.1) is 5.69 Å². The number of halogens is 1. The molecule has 1 aromatic carbocycles. The second kappa shape index (κ2) is 7.70. The summed E-state index contributed by atoms with van der Waals surface area (Å²) in [7, 11) is 0. The van der Waals surface area contributed by atoms with Gasteiger partial charge in [-0.25, -0.2) is 4.39 Å². The van der Waals surface area contributed by atoms with E-state index in [2.05, 4.69) is 9.88 Å². The van der Waals surface area contributed by atoms with E-state index < -0.39 is 17.3 Å². The summed E-state index contributed by atoms with van der Waals surface area (Å²) in [5.74, 6) is -1.29. The van der Waals surface area contributed by atoms with Crippen molar-refractivity contribution < 1.29 is 19.0 Å². The van der Waals surface area contributed by atoms with Crippen LogP contribution in [0.1, 0.15) is 28.8 Å². The molecule has 1 aliphatic heterocycles. The van der Waals surface area contributed by atoms with Crippen molar-refractivity contribution in [3.8, 4) is 5.75 Å². The number of benzene rings is 1. The van der Waals surface area contributed by atoms with Gasteiger partial charge >= 0.3 is 5.97 Å². The molecule has 0 saturated heterocycles. The highest BCUT2D eigenvalue weighted by Crippen LogP contribution is 2.23. The number of pyridine rings is 1. The maximum atomic E-state index is 13.4. The zero-order chi connectivity index (χ0) is 18.7. The third-order valence-electron chi connectivity index (χ3n) is 4.52. The van der Waals surface area contributed by atoms with Crippen LogP contribution in [0.5, 0.6) is 5.75 Å². The van der Waals surface area contributed by atoms with Crippen LogP contribution in [0.15, 0.2) is 29.1 Å². The van der Waals surface area contributed by atoms with Crippen molar-refractivity contribution in [2.75, 3.05) is 13.2 Å². The lowest BCUT2D eigenvalue weighted by Crippen LogP contribution is -2.26. The lowest BCUT2D eigenvalue weighted by atomic mass is 10.0. The smallest absolute Gasteiger partial charge is 0.303 e. The van der Waals surface area contributed by atoms with Crippen LogP contribution in [0.3, 0.4) is 0 Å². The van der Waals surface area contributed by atoms with E-state index in [0.717, 1.165) is 22.8 Å². The molecule has 2 aromatic rings. The molecule has 0 atom stereocenters. The number of ether oxygens (including phenoxy) is 1. The van der Waals surface area contributed by atoms with Crippen LogP contribution in [0.4, 0.5) is 4.39 Å². The van der Waals surface area contributed by atoms with E-state index in [0.29, 0.717) is 44.1 Å². The van der Waals surface area contributed by atoms with Crippen molar-refractivity contribution in [1.29, 1.82) is 0 Å². The molecule has 2 N–H and O–H groups in total. The Morgan fingerprint density at radius 2 is 2.19 bits per heavy atom. The van der Waals surface area contributed by atoms with Gasteiger partial charge in [-0.15, -0.1) is 0 Å². The predicted molar refractivity (Wildman–Crippen MR) is 93.8 cm³/mol. The van der Waals surface area contributed by atoms with Gasteiger partial charge in [-0.3, -0.25) is 14.5 Å². The summed E-state index contributed by atoms with van der Waals surface area (Å²) in [5.41, 5.74) is 3.01. The predicted octanol–water partition coefficient (Wildman–Crippen LogP) is 2.23. The van der Waals surface area contributed by atoms with E-state index in [1.54, 1.807) is 0 Å². The lowest BCUT2D eigenvalue weighted by molar-refractivity contribution is -0.136. The number of carboxylic acid groups (broad SMARTS) is 1. The molecule has 0 spiro atoms. The van der Waals surface area contributed by atoms with Crippen LogP contribution in [-0.4, -0.2) is 34.1 Å². The van der Waals surface area contributed by atoms with Crippen molar-refractivity contribution in [3.63, 3.8) is 0 Å². The van der Waals surface area contributed by atoms with E-state index in [9.17, 15) is 14.0 Å². The van der Waals surface area contributed by atoms with Crippen LogP contribution in [0.25, 0.3) is 0 Å². The van der Waals surface area contributed by atoms with E-state index in [4.69, 9.17) is 9.84 Å². The Hall–Kier alpha value is -2.67. The molecule has 1 aliphatic rings. The van der Waals surface area contributed by atoms with Crippen molar-refractivity contribution in [2.45, 2.75) is 32.9 Å². The Labute approximate surface area is 150 Å². The van der Waals surface area contributed by atoms with Gasteiger partial charge in [0.25, 0.3) is 5.56 Å². The molecule has 26 heavy (non-hydrogen) atoms. The third kappa shape index (κ3) is 4.29. The second-order valence-electron chi connectivity index (χ2n) is 6.50. The summed E-state index contributed by atoms with van der Waals surface area (Å²) in [4.78, 5) is 27.0. The lowest BCUT2D eigenvalue weighted by Gasteiger charge is -2.21. The minimum atomic E-state index is -0.848. The van der Waals surface area contributed by atoms with Crippen molar-refractivity contribution in [3.05, 3.63) is 62.8 Å². The number of fused-ring (bicyclic) bond motifs is 1. The van der Waals surface area contributed by atoms with Gasteiger partial charge in [0.1, 0.15) is 12.4 Å². The number of aromatic nitrogens is 1. The summed E-state index contributed by atoms with van der Waals surface area (Å²) in [5, 5.41) is 8.85. The summed E-state index contributed by atoms with van der Waals surface area (Å²) in [6.45, 7) is 4.13. The second-order valence-corrected chi connectivity index (χ2v) is 6.50. The Morgan fingerprint density at radius 3 is 2.96 bits per heavy atom. The Kier molecular flexibility index (Phi) is 5.37. The molecule has 1 aromatic heterocycles. The van der Waals surface area contributed by atoms with Crippen LogP contribution >= 0.6 is 0 Å². The summed E-state index contributed by atoms with van der Waals surface area (Å²) >= 11 is 0. The number of aryl methyl sites for hydroxylation is 2. The fraction of sp³-hybridized carbons (Fsp3) is 0.368. The Morgan fingerprint density at radius 1 is 1.38 bits per heavy atom. The van der Waals surface area contributed by atoms with E-state index in [-0.39, 0.29) is 6.42 Å². The first-order chi connectivity index (χ1) is 12.4. The molecule has 2 heterocycles. The van der Waals surface area contributed by atoms with E-state index >= 15 is 0 Å². The molecule has 6 nitrogen and oxygen atoms in total. The first-order valence-corrected chi connectivity index (χ1v) is 8.49. The molecule has 0 bridgehead atoms. The number of hydrogen-bond donors (Lipinski definition) is 2. The van der Waals surface area contributed by atoms with Crippen LogP contribution < -0.4 is 10.3 Å². The summed E-state index contributed by atoms with van der Waals surface area (Å²) in [6, 6.07) is 7.10. The SMILES string of the molecule is Cc1ccc(CCC(=O)O)cc1CN1CCOc2cc(F)c(=O)[nH]c2C1. The summed E-state index contributed by atoms with van der Waals surface area (Å²) in [6.07, 6.45) is 0.585. The standard InChI is InChI=1S/C19H21FN2O4/c1-12-2-3-13(4-5-18(23)24)8-14(12)10-22-6-7-26-17-9-15(20)19(25)21-16(17)11-22/h2-3,8-9H,4-7,10-11H2,1H3,(H,21,25)(H,23,24). The van der Waals surface area contributed by atoms with Gasteiger partial charge in [-0.1, -0.05) is 18.2 Å². The highest BCUT2D eigenvalue weighted by Gasteiger charge is 2.19. The van der Waals surface area contributed by atoms with Gasteiger partial charge in [0, 0.05) is 32.1 Å². The topological polar surface area (TPSA) is 82.6 Å². The number of aliphatic carboxylic acids is 1. The zero-order valence-electron chi connectivity index (χ0n) is 14.5. The number of nitrogens with zero attached hydrogens (tertiary/aromatic N) is 1. The van der Waals surface area contributed by atoms with Crippen molar-refractivity contribution >= 4 is 5.97 Å². The number of rotatable bonds is 5. The van der Waals surface area contributed by atoms with E-state index in [1.165, 1.54) is 0 Å². The average molecular weight is 360 g/mol. The fourth-order valence-corrected chi connectivity index (χ4v) is 3.04. The van der Waals surface area contributed by atoms with Gasteiger partial charge < -0.3 is 14.8 Å². The fourth-order valence-electron chi connectivity index (χ4n) is 3.04. The third-order valence-corrected chi connectivity index (χ3v) is 4.52. The maximum Gasteiger partial charge on any atom is 0.303 e. The van der Waals surface area contributed by atoms with Gasteiger partial charge in [-0.2, -0.15) is 0 Å². The van der Waals surface area contributed by atoms with Gasteiger partial charge in [0.15, 0.2) is 5.82 Å². The molecular weight excluding hydrogens is 339 g/mol. The molecule has 0 radical (unpaired) electrons. The van der Waals surface area contributed by atoms with E-state index in [1.807, 2.05) is 25.1 Å². The first kappa shape index (κ1) is 18.1. The number of carbonyl (C=O) groups is 1. The summed E-state index contributed by atoms with van der Waals surface area (Å²) < 4.78 is 19.0. The quantitative estimate of drug-likeness (QED) is 0.854. The van der Waals surface area contributed by atoms with Crippen LogP contribution in [0.2, 0.25) is 0 Å². The number of H-pyrrole nitrogens is 1. The number of aromatic amines is 1. The molecule has 0 fully saturated rings. The molecule has 3 rings (SSSR count). The minimum absolute atomic E-state index is 0.0975. The zero-order valence-corrected chi connectivity index (χ0v) is 14.5. The molecule has 0 aliphatic carbocycles. The van der Waals surface area contributed by atoms with Crippen molar-refractivity contribution in [2.24, 2.45) is 0 Å². The van der Waals surface area contributed by atoms with Crippen LogP contribution in [0, 0.1) is 12.7 Å². The molecule has 138 valence electrons. The number of hydrogen-bond acceptors (Lipinski definition) is 4. The molecular formula is C19H21FN2O4. The normalized spacial score (nSPS) is 14.4. The monoisotopic (exact) mass is 360 g/mol. The first-order valence-electron chi connectivity index (χ1n) is 8.49. The van der Waals surface area contributed by atoms with Crippen LogP contribution in [-0.2, 0) is 24.3 Å². The largest absolute Gasteiger partial charge is 0.490 e. The maximum absolute atomic E-state index is 13.4. The van der Waals surface area contributed by atoms with Gasteiger partial charge in [-0.05, 0) is 30.0 Å². The highest BCUT2D eigenvalue weighted by molar-refractivity contribution is 5.67. The molecule has 7 heteroatoms. The molecule has 0 saturated carbocycles. The van der Waals surface area contributed by atoms with Crippen molar-refractivity contribution in [1.82, 2.24) is 9.88 Å². The Bertz CT molecular complexity index is 878. The number of carboxylic acids is 1. The van der Waals surface area contributed by atoms with Gasteiger partial charge in [0.2, 0.25) is 0 Å². The average Bonchev–Trinajstić information content (AvgIpc) is 2.77. The molecule has 0 amide bonds.